The Kier molecular flexibility index (Phi) is 11.3. The van der Waals surface area contributed by atoms with Crippen LogP contribution in [0.4, 0.5) is 15.8 Å². The van der Waals surface area contributed by atoms with Crippen LogP contribution in [0.3, 0.4) is 0 Å². The van der Waals surface area contributed by atoms with Gasteiger partial charge >= 0.3 is 0 Å². The summed E-state index contributed by atoms with van der Waals surface area (Å²) in [5.74, 6) is -0.241. The second kappa shape index (κ2) is 13.9. The van der Waals surface area contributed by atoms with E-state index >= 15 is 0 Å². The minimum Gasteiger partial charge on any atom is -0.508 e. The van der Waals surface area contributed by atoms with Gasteiger partial charge in [0.1, 0.15) is 11.6 Å². The van der Waals surface area contributed by atoms with Gasteiger partial charge in [-0.1, -0.05) is 26.7 Å². The summed E-state index contributed by atoms with van der Waals surface area (Å²) in [6, 6.07) is 14.8. The molecule has 182 valence electrons. The second-order valence-corrected chi connectivity index (χ2v) is 7.72. The summed E-state index contributed by atoms with van der Waals surface area (Å²) < 4.78 is 12.0. The fourth-order valence-electron chi connectivity index (χ4n) is 3.21. The monoisotopic (exact) mass is 630 g/mol. The molecule has 5 nitrogen and oxygen atoms in total. The zero-order valence-corrected chi connectivity index (χ0v) is 21.5. The van der Waals surface area contributed by atoms with Crippen molar-refractivity contribution in [1.82, 2.24) is 9.80 Å². The minimum absolute atomic E-state index is 0. The third kappa shape index (κ3) is 8.43. The van der Waals surface area contributed by atoms with Crippen molar-refractivity contribution in [2.45, 2.75) is 39.5 Å². The number of phenolic OH excluding ortho intramolecular Hbond substituents is 1. The van der Waals surface area contributed by atoms with Crippen LogP contribution >= 0.6 is 0 Å². The molecule has 4 rings (SSSR count). The molecule has 0 atom stereocenters. The first kappa shape index (κ1) is 26.8. The van der Waals surface area contributed by atoms with E-state index in [4.69, 9.17) is 5.11 Å². The molecule has 2 aromatic carbocycles. The average molecular weight is 631 g/mol. The Morgan fingerprint density at radius 1 is 0.788 bits per heavy atom. The van der Waals surface area contributed by atoms with Crippen LogP contribution in [0.1, 0.15) is 39.5 Å². The molecule has 0 aromatic heterocycles. The summed E-state index contributed by atoms with van der Waals surface area (Å²) in [5, 5.41) is 8.59. The maximum absolute atomic E-state index is 12.0. The van der Waals surface area contributed by atoms with E-state index in [0.29, 0.717) is 0 Å². The van der Waals surface area contributed by atoms with Crippen LogP contribution in [0.25, 0.3) is 0 Å². The summed E-state index contributed by atoms with van der Waals surface area (Å²) in [5.41, 5.74) is 2.13. The minimum atomic E-state index is -0.331. The van der Waals surface area contributed by atoms with E-state index in [1.54, 1.807) is 0 Å². The summed E-state index contributed by atoms with van der Waals surface area (Å²) in [4.78, 5) is 8.73. The number of nitrogens with zero attached hydrogens (tertiary/aromatic N) is 4. The van der Waals surface area contributed by atoms with Gasteiger partial charge in [-0.15, -0.1) is 29.6 Å². The van der Waals surface area contributed by atoms with Crippen LogP contribution in [0.2, 0.25) is 0 Å². The largest absolute Gasteiger partial charge is 0.508 e. The van der Waals surface area contributed by atoms with Gasteiger partial charge in [-0.05, 0) is 75.0 Å². The van der Waals surface area contributed by atoms with Gasteiger partial charge in [0.25, 0.3) is 0 Å². The molecular weight excluding hydrogens is 598 g/mol. The van der Waals surface area contributed by atoms with Gasteiger partial charge in [0.2, 0.25) is 0 Å². The Morgan fingerprint density at radius 3 is 1.70 bits per heavy atom. The number of anilines is 2. The van der Waals surface area contributed by atoms with E-state index < -0.39 is 0 Å². The van der Waals surface area contributed by atoms with E-state index in [2.05, 4.69) is 95.8 Å². The topological polar surface area (TPSA) is 33.2 Å². The Bertz CT molecular complexity index is 822. The average Bonchev–Trinajstić information content (AvgIpc) is 3.49. The number of rotatable bonds is 8. The zero-order chi connectivity index (χ0) is 22.8. The van der Waals surface area contributed by atoms with E-state index in [1.165, 1.54) is 49.9 Å². The Morgan fingerprint density at radius 2 is 1.27 bits per heavy atom. The molecular formula is C26H32FN4OPt-3. The van der Waals surface area contributed by atoms with E-state index in [0.717, 1.165) is 24.5 Å². The normalized spacial score (nSPS) is 14.4. The van der Waals surface area contributed by atoms with Gasteiger partial charge in [-0.2, -0.15) is 19.4 Å². The Balaban J connectivity index is 0.000000364. The van der Waals surface area contributed by atoms with Crippen molar-refractivity contribution < 1.29 is 30.6 Å². The van der Waals surface area contributed by atoms with Gasteiger partial charge in [0.05, 0.1) is 0 Å². The maximum atomic E-state index is 12.0. The molecule has 0 unspecified atom stereocenters. The van der Waals surface area contributed by atoms with Crippen LogP contribution in [-0.4, -0.2) is 28.0 Å². The molecule has 2 aliphatic heterocycles. The summed E-state index contributed by atoms with van der Waals surface area (Å²) in [6.45, 7) is 10.9. The van der Waals surface area contributed by atoms with Crippen LogP contribution in [0, 0.1) is 25.2 Å². The number of aromatic hydroxyl groups is 1. The maximum Gasteiger partial charge on any atom is 0.123 e. The Hall–Kier alpha value is -2.46. The molecule has 0 bridgehead atoms. The van der Waals surface area contributed by atoms with Gasteiger partial charge in [0.15, 0.2) is 0 Å². The second-order valence-electron chi connectivity index (χ2n) is 7.72. The summed E-state index contributed by atoms with van der Waals surface area (Å²) in [6.07, 6.45) is 13.3. The zero-order valence-electron chi connectivity index (χ0n) is 19.2. The number of hydrogen-bond acceptors (Lipinski definition) is 5. The molecule has 7 heteroatoms. The van der Waals surface area contributed by atoms with Crippen LogP contribution in [0.5, 0.6) is 5.75 Å². The van der Waals surface area contributed by atoms with E-state index in [-0.39, 0.29) is 32.6 Å². The molecule has 33 heavy (non-hydrogen) atoms. The SMILES string of the molecule is CCCCN1C=CN(c2[c-]c(N3C=CN(CCCC)[CH-]3)ccc2)[CH-]1.Oc1ccc(F)cc1.[Pt]. The van der Waals surface area contributed by atoms with Gasteiger partial charge in [0, 0.05) is 21.1 Å². The van der Waals surface area contributed by atoms with Crippen molar-refractivity contribution in [3.05, 3.63) is 92.5 Å². The molecule has 0 saturated heterocycles. The first-order chi connectivity index (χ1) is 15.6. The first-order valence-electron chi connectivity index (χ1n) is 11.2. The number of phenols is 1. The van der Waals surface area contributed by atoms with Crippen molar-refractivity contribution in [3.63, 3.8) is 0 Å². The molecule has 2 aromatic rings. The first-order valence-corrected chi connectivity index (χ1v) is 11.2. The quantitative estimate of drug-likeness (QED) is 0.360. The van der Waals surface area contributed by atoms with Crippen LogP contribution in [0.15, 0.2) is 67.3 Å². The van der Waals surface area contributed by atoms with Crippen LogP contribution < -0.4 is 9.80 Å². The predicted octanol–water partition coefficient (Wildman–Crippen LogP) is 6.04. The van der Waals surface area contributed by atoms with Gasteiger partial charge in [-0.25, -0.2) is 4.39 Å². The fourth-order valence-corrected chi connectivity index (χ4v) is 3.21. The molecule has 2 heterocycles. The van der Waals surface area contributed by atoms with Crippen molar-refractivity contribution in [2.24, 2.45) is 0 Å². The van der Waals surface area contributed by atoms with Gasteiger partial charge < -0.3 is 24.7 Å². The van der Waals surface area contributed by atoms with Gasteiger partial charge in [-0.3, -0.25) is 0 Å². The molecule has 0 aliphatic carbocycles. The molecule has 0 saturated carbocycles. The van der Waals surface area contributed by atoms with Crippen molar-refractivity contribution in [3.8, 4) is 5.75 Å². The molecule has 0 amide bonds. The molecule has 0 fully saturated rings. The number of hydrogen-bond donors (Lipinski definition) is 1. The molecule has 0 radical (unpaired) electrons. The fraction of sp³-hybridized carbons (Fsp3) is 0.308. The smallest absolute Gasteiger partial charge is 0.123 e. The van der Waals surface area contributed by atoms with Crippen LogP contribution in [-0.2, 0) is 21.1 Å². The third-order valence-corrected chi connectivity index (χ3v) is 5.07. The molecule has 1 N–H and O–H groups in total. The molecule has 0 spiro atoms. The predicted molar refractivity (Wildman–Crippen MR) is 128 cm³/mol. The van der Waals surface area contributed by atoms with E-state index in [1.807, 2.05) is 0 Å². The van der Waals surface area contributed by atoms with E-state index in [9.17, 15) is 4.39 Å². The number of halogens is 1. The summed E-state index contributed by atoms with van der Waals surface area (Å²) >= 11 is 0. The van der Waals surface area contributed by atoms with Crippen molar-refractivity contribution >= 4 is 11.4 Å². The summed E-state index contributed by atoms with van der Waals surface area (Å²) in [7, 11) is 0. The Labute approximate surface area is 212 Å². The standard InChI is InChI=1S/C20H27N4.C6H5FO.Pt/c1-3-5-10-21-12-14-23(17-21)19-8-7-9-20(16-19)24-15-13-22(18-24)11-6-4-2;7-5-1-3-6(8)4-2-5;/h7-9,12-15,17-18H,3-6,10-11H2,1-2H3;1-4,8H;/q-3;;. The molecule has 2 aliphatic rings. The van der Waals surface area contributed by atoms with Crippen molar-refractivity contribution in [1.29, 1.82) is 0 Å². The van der Waals surface area contributed by atoms with Crippen molar-refractivity contribution in [2.75, 3.05) is 22.9 Å². The number of benzene rings is 2. The number of unbranched alkanes of at least 4 members (excludes halogenated alkanes) is 2. The third-order valence-electron chi connectivity index (χ3n) is 5.07.